The van der Waals surface area contributed by atoms with Crippen LogP contribution in [0.4, 0.5) is 19.0 Å². The molecule has 6 nitrogen and oxygen atoms in total. The van der Waals surface area contributed by atoms with Crippen molar-refractivity contribution >= 4 is 34.9 Å². The average Bonchev–Trinajstić information content (AvgIpc) is 3.19. The monoisotopic (exact) mass is 459 g/mol. The van der Waals surface area contributed by atoms with Crippen LogP contribution in [0.15, 0.2) is 30.3 Å². The van der Waals surface area contributed by atoms with E-state index < -0.39 is 23.8 Å². The Bertz CT molecular complexity index is 1090. The highest BCUT2D eigenvalue weighted by Gasteiger charge is 2.35. The molecular weight excluding hydrogens is 442 g/mol. The lowest BCUT2D eigenvalue weighted by Crippen LogP contribution is -2.26. The zero-order valence-electron chi connectivity index (χ0n) is 16.3. The minimum Gasteiger partial charge on any atom is -0.307 e. The van der Waals surface area contributed by atoms with Crippen LogP contribution in [0.25, 0.3) is 0 Å². The Labute approximate surface area is 180 Å². The van der Waals surface area contributed by atoms with E-state index in [0.29, 0.717) is 16.6 Å². The molecule has 1 unspecified atom stereocenters. The summed E-state index contributed by atoms with van der Waals surface area (Å²) in [5.74, 6) is -0.264. The summed E-state index contributed by atoms with van der Waals surface area (Å²) < 4.78 is 41.3. The number of rotatable bonds is 5. The van der Waals surface area contributed by atoms with E-state index in [-0.39, 0.29) is 11.5 Å². The first kappa shape index (κ1) is 22.2. The summed E-state index contributed by atoms with van der Waals surface area (Å²) in [7, 11) is 0. The zero-order chi connectivity index (χ0) is 22.2. The van der Waals surface area contributed by atoms with Gasteiger partial charge in [0.15, 0.2) is 11.5 Å². The maximum Gasteiger partial charge on any atom is 0.435 e. The molecule has 1 aromatic carbocycles. The maximum atomic E-state index is 12.9. The highest BCUT2D eigenvalue weighted by molar-refractivity contribution is 6.35. The molecule has 2 heterocycles. The van der Waals surface area contributed by atoms with Gasteiger partial charge in [0.05, 0.1) is 6.54 Å². The van der Waals surface area contributed by atoms with E-state index in [2.05, 4.69) is 15.5 Å². The number of halogens is 5. The van der Waals surface area contributed by atoms with Gasteiger partial charge in [-0.2, -0.15) is 23.4 Å². The first-order chi connectivity index (χ1) is 14.0. The Morgan fingerprint density at radius 3 is 2.43 bits per heavy atom. The van der Waals surface area contributed by atoms with Crippen LogP contribution >= 0.6 is 23.2 Å². The zero-order valence-corrected chi connectivity index (χ0v) is 17.8. The largest absolute Gasteiger partial charge is 0.435 e. The molecule has 3 rings (SSSR count). The number of aromatic nitrogens is 4. The molecule has 1 N–H and O–H groups in total. The van der Waals surface area contributed by atoms with E-state index in [4.69, 9.17) is 23.2 Å². The lowest BCUT2D eigenvalue weighted by molar-refractivity contribution is -0.141. The third-order valence-electron chi connectivity index (χ3n) is 4.53. The van der Waals surface area contributed by atoms with Crippen LogP contribution < -0.4 is 5.32 Å². The molecule has 11 heteroatoms. The molecule has 2 aromatic heterocycles. The van der Waals surface area contributed by atoms with Crippen molar-refractivity contribution in [2.75, 3.05) is 5.32 Å². The van der Waals surface area contributed by atoms with Crippen molar-refractivity contribution in [2.45, 2.75) is 39.5 Å². The highest BCUT2D eigenvalue weighted by atomic mass is 35.5. The fourth-order valence-corrected chi connectivity index (χ4v) is 3.37. The number of carbonyl (C=O) groups excluding carboxylic acids is 1. The Morgan fingerprint density at radius 1 is 1.13 bits per heavy atom. The van der Waals surface area contributed by atoms with Gasteiger partial charge < -0.3 is 5.32 Å². The predicted octanol–water partition coefficient (Wildman–Crippen LogP) is 5.27. The second-order valence-electron chi connectivity index (χ2n) is 6.84. The van der Waals surface area contributed by atoms with Gasteiger partial charge in [0, 0.05) is 27.5 Å². The summed E-state index contributed by atoms with van der Waals surface area (Å²) in [4.78, 5) is 12.6. The number of carbonyl (C=O) groups is 1. The molecule has 0 saturated heterocycles. The summed E-state index contributed by atoms with van der Waals surface area (Å²) in [6.07, 6.45) is -4.58. The SMILES string of the molecule is Cc1cc(NC(=O)C(C)n2nc(C(F)(F)F)cc2C)nn1Cc1ccc(Cl)cc1Cl. The lowest BCUT2D eigenvalue weighted by atomic mass is 10.2. The smallest absolute Gasteiger partial charge is 0.307 e. The standard InChI is InChI=1S/C19H18Cl2F3N5O/c1-10-7-17(27-28(10)9-13-4-5-14(20)8-15(13)21)25-18(30)12(3)29-11(2)6-16(26-29)19(22,23)24/h4-8,12H,9H2,1-3H3,(H,25,27,30). The topological polar surface area (TPSA) is 64.7 Å². The molecule has 0 bridgehead atoms. The van der Waals surface area contributed by atoms with Crippen LogP contribution in [0.5, 0.6) is 0 Å². The van der Waals surface area contributed by atoms with Crippen molar-refractivity contribution in [1.82, 2.24) is 19.6 Å². The van der Waals surface area contributed by atoms with Crippen LogP contribution in [0.2, 0.25) is 10.0 Å². The minimum absolute atomic E-state index is 0.226. The number of alkyl halides is 3. The van der Waals surface area contributed by atoms with E-state index in [9.17, 15) is 18.0 Å². The quantitative estimate of drug-likeness (QED) is 0.564. The van der Waals surface area contributed by atoms with Gasteiger partial charge in [0.1, 0.15) is 6.04 Å². The van der Waals surface area contributed by atoms with E-state index in [1.807, 2.05) is 6.92 Å². The van der Waals surface area contributed by atoms with Crippen LogP contribution in [0, 0.1) is 13.8 Å². The molecular formula is C19H18Cl2F3N5O. The molecule has 0 radical (unpaired) electrons. The number of aryl methyl sites for hydroxylation is 2. The van der Waals surface area contributed by atoms with Crippen molar-refractivity contribution < 1.29 is 18.0 Å². The lowest BCUT2D eigenvalue weighted by Gasteiger charge is -2.13. The van der Waals surface area contributed by atoms with E-state index >= 15 is 0 Å². The van der Waals surface area contributed by atoms with E-state index in [0.717, 1.165) is 22.0 Å². The van der Waals surface area contributed by atoms with Crippen LogP contribution in [0.1, 0.15) is 35.6 Å². The average molecular weight is 460 g/mol. The fourth-order valence-electron chi connectivity index (χ4n) is 2.90. The van der Waals surface area contributed by atoms with Crippen molar-refractivity contribution in [2.24, 2.45) is 0 Å². The Hall–Kier alpha value is -2.52. The van der Waals surface area contributed by atoms with Gasteiger partial charge >= 0.3 is 6.18 Å². The summed E-state index contributed by atoms with van der Waals surface area (Å²) in [5, 5.41) is 11.5. The van der Waals surface area contributed by atoms with E-state index in [1.54, 1.807) is 28.9 Å². The van der Waals surface area contributed by atoms with Gasteiger partial charge in [-0.05, 0) is 44.5 Å². The number of anilines is 1. The van der Waals surface area contributed by atoms with Gasteiger partial charge in [0.2, 0.25) is 5.91 Å². The Morgan fingerprint density at radius 2 is 1.83 bits per heavy atom. The molecule has 0 spiro atoms. The minimum atomic E-state index is -4.58. The first-order valence-electron chi connectivity index (χ1n) is 8.88. The van der Waals surface area contributed by atoms with Crippen molar-refractivity contribution in [3.8, 4) is 0 Å². The van der Waals surface area contributed by atoms with Crippen molar-refractivity contribution in [3.05, 3.63) is 63.0 Å². The van der Waals surface area contributed by atoms with Crippen LogP contribution in [-0.2, 0) is 17.5 Å². The number of hydrogen-bond acceptors (Lipinski definition) is 3. The molecule has 3 aromatic rings. The highest BCUT2D eigenvalue weighted by Crippen LogP contribution is 2.29. The molecule has 160 valence electrons. The third-order valence-corrected chi connectivity index (χ3v) is 5.11. The normalized spacial score (nSPS) is 12.8. The summed E-state index contributed by atoms with van der Waals surface area (Å²) in [6.45, 7) is 5.09. The maximum absolute atomic E-state index is 12.9. The van der Waals surface area contributed by atoms with Gasteiger partial charge in [-0.3, -0.25) is 14.2 Å². The fraction of sp³-hybridized carbons (Fsp3) is 0.316. The number of benzene rings is 1. The summed E-state index contributed by atoms with van der Waals surface area (Å²) in [6, 6.07) is 6.73. The Balaban J connectivity index is 1.74. The third kappa shape index (κ3) is 4.79. The molecule has 0 saturated carbocycles. The molecule has 30 heavy (non-hydrogen) atoms. The second kappa shape index (κ2) is 8.31. The number of nitrogens with zero attached hydrogens (tertiary/aromatic N) is 4. The molecule has 1 atom stereocenters. The van der Waals surface area contributed by atoms with Crippen LogP contribution in [-0.4, -0.2) is 25.5 Å². The molecule has 1 amide bonds. The molecule has 0 aliphatic rings. The summed E-state index contributed by atoms with van der Waals surface area (Å²) >= 11 is 12.1. The number of nitrogens with one attached hydrogen (secondary N) is 1. The predicted molar refractivity (Wildman–Crippen MR) is 108 cm³/mol. The number of amides is 1. The van der Waals surface area contributed by atoms with Gasteiger partial charge in [-0.25, -0.2) is 0 Å². The van der Waals surface area contributed by atoms with Gasteiger partial charge in [-0.15, -0.1) is 0 Å². The van der Waals surface area contributed by atoms with E-state index in [1.165, 1.54) is 13.8 Å². The van der Waals surface area contributed by atoms with Gasteiger partial charge in [0.25, 0.3) is 0 Å². The molecule has 0 fully saturated rings. The second-order valence-corrected chi connectivity index (χ2v) is 7.69. The van der Waals surface area contributed by atoms with Crippen LogP contribution in [0.3, 0.4) is 0 Å². The summed E-state index contributed by atoms with van der Waals surface area (Å²) in [5.41, 5.74) is 0.743. The number of hydrogen-bond donors (Lipinski definition) is 1. The molecule has 0 aliphatic heterocycles. The van der Waals surface area contributed by atoms with Crippen molar-refractivity contribution in [1.29, 1.82) is 0 Å². The van der Waals surface area contributed by atoms with Gasteiger partial charge in [-0.1, -0.05) is 29.3 Å². The van der Waals surface area contributed by atoms with Crippen molar-refractivity contribution in [3.63, 3.8) is 0 Å². The Kier molecular flexibility index (Phi) is 6.14. The first-order valence-corrected chi connectivity index (χ1v) is 9.64. The molecule has 0 aliphatic carbocycles.